The largest absolute Gasteiger partial charge is 0.418 e. The molecule has 0 radical (unpaired) electrons. The number of rotatable bonds is 6. The summed E-state index contributed by atoms with van der Waals surface area (Å²) in [5.41, 5.74) is 1.21. The van der Waals surface area contributed by atoms with Crippen LogP contribution in [0, 0.1) is 0 Å². The van der Waals surface area contributed by atoms with Crippen LogP contribution in [0.4, 0.5) is 24.5 Å². The molecule has 0 saturated carbocycles. The zero-order chi connectivity index (χ0) is 20.0. The molecular weight excluding hydrogens is 357 g/mol. The molecule has 2 aromatic rings. The standard InChI is InChI=1S/C20H21F3N2O2/c1-3-13-8-7-9-14(4-2)19(13)25-18(27)12-17(26)24-16-11-6-5-10-15(16)20(21,22)23/h5-11H,3-4,12H2,1-2H3,(H,24,26)(H,25,27). The van der Waals surface area contributed by atoms with Crippen LogP contribution in [0.3, 0.4) is 0 Å². The first-order valence-corrected chi connectivity index (χ1v) is 8.62. The van der Waals surface area contributed by atoms with E-state index in [0.29, 0.717) is 18.5 Å². The van der Waals surface area contributed by atoms with Crippen LogP contribution in [0.15, 0.2) is 42.5 Å². The Bertz CT molecular complexity index is 810. The lowest BCUT2D eigenvalue weighted by Crippen LogP contribution is -2.23. The fourth-order valence-electron chi connectivity index (χ4n) is 2.77. The van der Waals surface area contributed by atoms with Crippen LogP contribution in [-0.2, 0) is 28.6 Å². The van der Waals surface area contributed by atoms with E-state index in [9.17, 15) is 22.8 Å². The average molecular weight is 378 g/mol. The Labute approximate surface area is 155 Å². The lowest BCUT2D eigenvalue weighted by Gasteiger charge is -2.15. The lowest BCUT2D eigenvalue weighted by atomic mass is 10.0. The number of anilines is 2. The molecule has 144 valence electrons. The zero-order valence-corrected chi connectivity index (χ0v) is 15.1. The van der Waals surface area contributed by atoms with E-state index in [1.807, 2.05) is 32.0 Å². The third-order valence-corrected chi connectivity index (χ3v) is 4.09. The topological polar surface area (TPSA) is 58.2 Å². The number of benzene rings is 2. The Kier molecular flexibility index (Phi) is 6.60. The van der Waals surface area contributed by atoms with Crippen molar-refractivity contribution < 1.29 is 22.8 Å². The highest BCUT2D eigenvalue weighted by Crippen LogP contribution is 2.34. The Balaban J connectivity index is 2.09. The fraction of sp³-hybridized carbons (Fsp3) is 0.300. The predicted octanol–water partition coefficient (Wildman–Crippen LogP) is 4.80. The first kappa shape index (κ1) is 20.5. The van der Waals surface area contributed by atoms with Gasteiger partial charge in [0.2, 0.25) is 11.8 Å². The summed E-state index contributed by atoms with van der Waals surface area (Å²) in [5.74, 6) is -1.39. The van der Waals surface area contributed by atoms with Crippen LogP contribution in [0.1, 0.15) is 37.0 Å². The van der Waals surface area contributed by atoms with Crippen molar-refractivity contribution in [1.29, 1.82) is 0 Å². The minimum Gasteiger partial charge on any atom is -0.325 e. The summed E-state index contributed by atoms with van der Waals surface area (Å²) < 4.78 is 39.0. The van der Waals surface area contributed by atoms with E-state index in [-0.39, 0.29) is 5.69 Å². The van der Waals surface area contributed by atoms with Crippen LogP contribution in [0.2, 0.25) is 0 Å². The number of halogens is 3. The van der Waals surface area contributed by atoms with Crippen molar-refractivity contribution in [2.45, 2.75) is 39.3 Å². The monoisotopic (exact) mass is 378 g/mol. The van der Waals surface area contributed by atoms with E-state index < -0.39 is 30.0 Å². The number of nitrogens with one attached hydrogen (secondary N) is 2. The number of carbonyl (C=O) groups excluding carboxylic acids is 2. The molecule has 0 fully saturated rings. The van der Waals surface area contributed by atoms with E-state index >= 15 is 0 Å². The molecule has 0 spiro atoms. The maximum atomic E-state index is 13.0. The van der Waals surface area contributed by atoms with E-state index in [0.717, 1.165) is 23.3 Å². The van der Waals surface area contributed by atoms with Crippen molar-refractivity contribution >= 4 is 23.2 Å². The quantitative estimate of drug-likeness (QED) is 0.710. The van der Waals surface area contributed by atoms with Crippen LogP contribution in [-0.4, -0.2) is 11.8 Å². The summed E-state index contributed by atoms with van der Waals surface area (Å²) in [6.45, 7) is 3.90. The lowest BCUT2D eigenvalue weighted by molar-refractivity contribution is -0.137. The number of hydrogen-bond acceptors (Lipinski definition) is 2. The van der Waals surface area contributed by atoms with E-state index in [4.69, 9.17) is 0 Å². The summed E-state index contributed by atoms with van der Waals surface area (Å²) in [7, 11) is 0. The number of aryl methyl sites for hydroxylation is 2. The molecule has 0 aliphatic rings. The number of amides is 2. The van der Waals surface area contributed by atoms with Gasteiger partial charge in [-0.1, -0.05) is 44.2 Å². The van der Waals surface area contributed by atoms with Crippen LogP contribution in [0.5, 0.6) is 0 Å². The minimum absolute atomic E-state index is 0.369. The van der Waals surface area contributed by atoms with Crippen molar-refractivity contribution in [3.8, 4) is 0 Å². The summed E-state index contributed by atoms with van der Waals surface area (Å²) in [6, 6.07) is 10.3. The molecule has 0 unspecified atom stereocenters. The zero-order valence-electron chi connectivity index (χ0n) is 15.1. The second kappa shape index (κ2) is 8.70. The van der Waals surface area contributed by atoms with Gasteiger partial charge in [0.25, 0.3) is 0 Å². The highest BCUT2D eigenvalue weighted by atomic mass is 19.4. The number of carbonyl (C=O) groups is 2. The SMILES string of the molecule is CCc1cccc(CC)c1NC(=O)CC(=O)Nc1ccccc1C(F)(F)F. The third-order valence-electron chi connectivity index (χ3n) is 4.09. The number of hydrogen-bond donors (Lipinski definition) is 2. The second-order valence-electron chi connectivity index (χ2n) is 5.97. The molecule has 0 aliphatic carbocycles. The maximum Gasteiger partial charge on any atom is 0.418 e. The van der Waals surface area contributed by atoms with Gasteiger partial charge in [0, 0.05) is 5.69 Å². The molecule has 7 heteroatoms. The van der Waals surface area contributed by atoms with Gasteiger partial charge >= 0.3 is 6.18 Å². The van der Waals surface area contributed by atoms with Gasteiger partial charge in [-0.2, -0.15) is 13.2 Å². The van der Waals surface area contributed by atoms with Crippen molar-refractivity contribution in [2.75, 3.05) is 10.6 Å². The van der Waals surface area contributed by atoms with Gasteiger partial charge in [-0.15, -0.1) is 0 Å². The fourth-order valence-corrected chi connectivity index (χ4v) is 2.77. The van der Waals surface area contributed by atoms with E-state index in [1.165, 1.54) is 12.1 Å². The van der Waals surface area contributed by atoms with Gasteiger partial charge in [-0.25, -0.2) is 0 Å². The molecule has 0 aliphatic heterocycles. The highest BCUT2D eigenvalue weighted by Gasteiger charge is 2.33. The van der Waals surface area contributed by atoms with Gasteiger partial charge in [0.1, 0.15) is 6.42 Å². The molecule has 0 bridgehead atoms. The first-order valence-electron chi connectivity index (χ1n) is 8.62. The van der Waals surface area contributed by atoms with Crippen molar-refractivity contribution in [1.82, 2.24) is 0 Å². The van der Waals surface area contributed by atoms with Crippen LogP contribution >= 0.6 is 0 Å². The molecule has 2 rings (SSSR count). The molecular formula is C20H21F3N2O2. The molecule has 4 nitrogen and oxygen atoms in total. The maximum absolute atomic E-state index is 13.0. The highest BCUT2D eigenvalue weighted by molar-refractivity contribution is 6.08. The molecule has 27 heavy (non-hydrogen) atoms. The number of alkyl halides is 3. The third kappa shape index (κ3) is 5.32. The Hall–Kier alpha value is -2.83. The molecule has 0 heterocycles. The Morgan fingerprint density at radius 3 is 1.96 bits per heavy atom. The van der Waals surface area contributed by atoms with Gasteiger partial charge in [-0.05, 0) is 36.1 Å². The van der Waals surface area contributed by atoms with Crippen molar-refractivity contribution in [3.05, 3.63) is 59.2 Å². The summed E-state index contributed by atoms with van der Waals surface area (Å²) in [5, 5.41) is 4.89. The molecule has 0 aromatic heterocycles. The minimum atomic E-state index is -4.60. The normalized spacial score (nSPS) is 11.1. The summed E-state index contributed by atoms with van der Waals surface area (Å²) in [6.07, 6.45) is -3.77. The predicted molar refractivity (Wildman–Crippen MR) is 98.5 cm³/mol. The molecule has 2 N–H and O–H groups in total. The van der Waals surface area contributed by atoms with Gasteiger partial charge in [0.15, 0.2) is 0 Å². The molecule has 0 saturated heterocycles. The average Bonchev–Trinajstić information content (AvgIpc) is 2.61. The first-order chi connectivity index (χ1) is 12.8. The van der Waals surface area contributed by atoms with E-state index in [2.05, 4.69) is 10.6 Å². The molecule has 2 aromatic carbocycles. The Morgan fingerprint density at radius 2 is 1.41 bits per heavy atom. The summed E-state index contributed by atoms with van der Waals surface area (Å²) in [4.78, 5) is 24.3. The smallest absolute Gasteiger partial charge is 0.325 e. The number of para-hydroxylation sites is 2. The molecule has 0 atom stereocenters. The Morgan fingerprint density at radius 1 is 0.852 bits per heavy atom. The van der Waals surface area contributed by atoms with Gasteiger partial charge < -0.3 is 10.6 Å². The van der Waals surface area contributed by atoms with Crippen LogP contribution in [0.25, 0.3) is 0 Å². The van der Waals surface area contributed by atoms with Crippen molar-refractivity contribution in [3.63, 3.8) is 0 Å². The van der Waals surface area contributed by atoms with Gasteiger partial charge in [0.05, 0.1) is 11.3 Å². The molecule has 2 amide bonds. The van der Waals surface area contributed by atoms with Gasteiger partial charge in [-0.3, -0.25) is 9.59 Å². The van der Waals surface area contributed by atoms with Crippen molar-refractivity contribution in [2.24, 2.45) is 0 Å². The summed E-state index contributed by atoms with van der Waals surface area (Å²) >= 11 is 0. The van der Waals surface area contributed by atoms with E-state index in [1.54, 1.807) is 0 Å². The second-order valence-corrected chi connectivity index (χ2v) is 5.97. The van der Waals surface area contributed by atoms with Crippen LogP contribution < -0.4 is 10.6 Å².